The van der Waals surface area contributed by atoms with E-state index in [0.29, 0.717) is 17.5 Å². The van der Waals surface area contributed by atoms with Crippen LogP contribution in [0.1, 0.15) is 64.2 Å². The molecule has 0 amide bonds. The molecule has 1 aromatic rings. The van der Waals surface area contributed by atoms with Gasteiger partial charge >= 0.3 is 7.12 Å². The van der Waals surface area contributed by atoms with Gasteiger partial charge in [-0.2, -0.15) is 0 Å². The van der Waals surface area contributed by atoms with Gasteiger partial charge in [-0.3, -0.25) is 0 Å². The fraction of sp³-hybridized carbons (Fsp3) is 0.667. The van der Waals surface area contributed by atoms with Gasteiger partial charge in [-0.05, 0) is 37.8 Å². The second-order valence-corrected chi connectivity index (χ2v) is 7.13. The number of hydrogen-bond acceptors (Lipinski definition) is 4. The average Bonchev–Trinajstić information content (AvgIpc) is 2.57. The monoisotopic (exact) mass is 316 g/mol. The maximum Gasteiger partial charge on any atom is 0.490 e. The first kappa shape index (κ1) is 16.7. The summed E-state index contributed by atoms with van der Waals surface area (Å²) in [5, 5.41) is 26.5. The molecule has 2 aliphatic carbocycles. The summed E-state index contributed by atoms with van der Waals surface area (Å²) in [6, 6.07) is 6.86. The molecule has 0 radical (unpaired) electrons. The van der Waals surface area contributed by atoms with Crippen LogP contribution in [0.4, 0.5) is 11.4 Å². The molecule has 4 N–H and O–H groups in total. The van der Waals surface area contributed by atoms with Gasteiger partial charge in [-0.15, -0.1) is 0 Å². The zero-order valence-electron chi connectivity index (χ0n) is 13.9. The smallest absolute Gasteiger partial charge is 0.423 e. The van der Waals surface area contributed by atoms with E-state index in [1.807, 2.05) is 12.1 Å². The average molecular weight is 316 g/mol. The topological polar surface area (TPSA) is 64.5 Å². The molecule has 0 atom stereocenters. The predicted molar refractivity (Wildman–Crippen MR) is 97.3 cm³/mol. The first-order chi connectivity index (χ1) is 11.2. The molecule has 2 aliphatic rings. The molecule has 0 unspecified atom stereocenters. The van der Waals surface area contributed by atoms with Gasteiger partial charge < -0.3 is 20.7 Å². The van der Waals surface area contributed by atoms with Crippen LogP contribution in [0.15, 0.2) is 18.2 Å². The van der Waals surface area contributed by atoms with E-state index in [9.17, 15) is 10.0 Å². The molecule has 3 rings (SSSR count). The van der Waals surface area contributed by atoms with Crippen LogP contribution >= 0.6 is 0 Å². The standard InChI is InChI=1S/C18H29BN2O2/c22-19(23)17-12-11-16(20-14-7-3-1-4-8-14)13-18(17)21-15-9-5-2-6-10-15/h11-15,20-23H,1-10H2. The van der Waals surface area contributed by atoms with Crippen molar-refractivity contribution in [2.45, 2.75) is 76.3 Å². The highest BCUT2D eigenvalue weighted by atomic mass is 16.4. The Kier molecular flexibility index (Phi) is 5.84. The van der Waals surface area contributed by atoms with Gasteiger partial charge in [0.2, 0.25) is 0 Å². The molecule has 23 heavy (non-hydrogen) atoms. The minimum Gasteiger partial charge on any atom is -0.423 e. The van der Waals surface area contributed by atoms with Crippen LogP contribution in [0.25, 0.3) is 0 Å². The van der Waals surface area contributed by atoms with E-state index in [1.165, 1.54) is 64.2 Å². The van der Waals surface area contributed by atoms with E-state index >= 15 is 0 Å². The fourth-order valence-corrected chi connectivity index (χ4v) is 3.95. The number of rotatable bonds is 5. The van der Waals surface area contributed by atoms with Gasteiger partial charge in [-0.25, -0.2) is 0 Å². The van der Waals surface area contributed by atoms with E-state index in [0.717, 1.165) is 11.4 Å². The third-order valence-corrected chi connectivity index (χ3v) is 5.27. The molecular formula is C18H29BN2O2. The minimum absolute atomic E-state index is 0.450. The highest BCUT2D eigenvalue weighted by Crippen LogP contribution is 2.25. The van der Waals surface area contributed by atoms with Gasteiger partial charge in [0.15, 0.2) is 0 Å². The Morgan fingerprint density at radius 3 is 1.91 bits per heavy atom. The Morgan fingerprint density at radius 2 is 1.35 bits per heavy atom. The van der Waals surface area contributed by atoms with Crippen molar-refractivity contribution in [3.05, 3.63) is 18.2 Å². The van der Waals surface area contributed by atoms with E-state index < -0.39 is 7.12 Å². The predicted octanol–water partition coefficient (Wildman–Crippen LogP) is 2.86. The van der Waals surface area contributed by atoms with E-state index in [4.69, 9.17) is 0 Å². The quantitative estimate of drug-likeness (QED) is 0.631. The van der Waals surface area contributed by atoms with E-state index in [2.05, 4.69) is 16.7 Å². The Morgan fingerprint density at radius 1 is 0.783 bits per heavy atom. The molecule has 126 valence electrons. The summed E-state index contributed by atoms with van der Waals surface area (Å²) in [6.45, 7) is 0. The molecule has 4 nitrogen and oxygen atoms in total. The zero-order chi connectivity index (χ0) is 16.1. The van der Waals surface area contributed by atoms with Crippen LogP contribution in [-0.4, -0.2) is 29.3 Å². The third kappa shape index (κ3) is 4.64. The largest absolute Gasteiger partial charge is 0.490 e. The molecular weight excluding hydrogens is 287 g/mol. The summed E-state index contributed by atoms with van der Waals surface area (Å²) in [6.07, 6.45) is 12.6. The maximum atomic E-state index is 9.64. The van der Waals surface area contributed by atoms with Crippen LogP contribution in [0.3, 0.4) is 0 Å². The number of hydrogen-bond donors (Lipinski definition) is 4. The Bertz CT molecular complexity index is 498. The van der Waals surface area contributed by atoms with E-state index in [-0.39, 0.29) is 0 Å². The SMILES string of the molecule is OB(O)c1ccc(NC2CCCCC2)cc1NC1CCCCC1. The Balaban J connectivity index is 1.72. The number of anilines is 2. The second-order valence-electron chi connectivity index (χ2n) is 7.13. The van der Waals surface area contributed by atoms with Crippen molar-refractivity contribution >= 4 is 24.0 Å². The van der Waals surface area contributed by atoms with Gasteiger partial charge in [0.25, 0.3) is 0 Å². The number of benzene rings is 1. The molecule has 0 heterocycles. The maximum absolute atomic E-state index is 9.64. The second kappa shape index (κ2) is 8.07. The molecule has 0 saturated heterocycles. The van der Waals surface area contributed by atoms with Crippen LogP contribution in [-0.2, 0) is 0 Å². The third-order valence-electron chi connectivity index (χ3n) is 5.27. The molecule has 0 aromatic heterocycles. The summed E-state index contributed by atoms with van der Waals surface area (Å²) in [5.41, 5.74) is 2.53. The van der Waals surface area contributed by atoms with Crippen molar-refractivity contribution < 1.29 is 10.0 Å². The first-order valence-electron chi connectivity index (χ1n) is 9.25. The van der Waals surface area contributed by atoms with Crippen molar-refractivity contribution in [1.82, 2.24) is 0 Å². The van der Waals surface area contributed by atoms with Crippen LogP contribution in [0.2, 0.25) is 0 Å². The highest BCUT2D eigenvalue weighted by Gasteiger charge is 2.21. The first-order valence-corrected chi connectivity index (χ1v) is 9.25. The van der Waals surface area contributed by atoms with Crippen LogP contribution < -0.4 is 16.1 Å². The van der Waals surface area contributed by atoms with Gasteiger partial charge in [0, 0.05) is 28.9 Å². The lowest BCUT2D eigenvalue weighted by atomic mass is 9.78. The summed E-state index contributed by atoms with van der Waals surface area (Å²) < 4.78 is 0. The summed E-state index contributed by atoms with van der Waals surface area (Å²) in [4.78, 5) is 0. The molecule has 2 saturated carbocycles. The molecule has 0 bridgehead atoms. The lowest BCUT2D eigenvalue weighted by molar-refractivity contribution is 0.425. The Hall–Kier alpha value is -1.20. The highest BCUT2D eigenvalue weighted by molar-refractivity contribution is 6.60. The minimum atomic E-state index is -1.43. The number of nitrogens with one attached hydrogen (secondary N) is 2. The molecule has 1 aromatic carbocycles. The van der Waals surface area contributed by atoms with Gasteiger partial charge in [0.05, 0.1) is 0 Å². The van der Waals surface area contributed by atoms with Gasteiger partial charge in [0.1, 0.15) is 0 Å². The normalized spacial score (nSPS) is 20.3. The van der Waals surface area contributed by atoms with Crippen molar-refractivity contribution in [2.24, 2.45) is 0 Å². The summed E-state index contributed by atoms with van der Waals surface area (Å²) in [7, 11) is -1.43. The Labute approximate surface area is 139 Å². The lowest BCUT2D eigenvalue weighted by Gasteiger charge is -2.27. The van der Waals surface area contributed by atoms with Crippen molar-refractivity contribution in [3.63, 3.8) is 0 Å². The zero-order valence-corrected chi connectivity index (χ0v) is 13.9. The van der Waals surface area contributed by atoms with Gasteiger partial charge in [-0.1, -0.05) is 44.6 Å². The molecule has 2 fully saturated rings. The van der Waals surface area contributed by atoms with Crippen molar-refractivity contribution in [3.8, 4) is 0 Å². The van der Waals surface area contributed by atoms with E-state index in [1.54, 1.807) is 0 Å². The fourth-order valence-electron chi connectivity index (χ4n) is 3.95. The molecule has 0 spiro atoms. The van der Waals surface area contributed by atoms with Crippen LogP contribution in [0, 0.1) is 0 Å². The van der Waals surface area contributed by atoms with Crippen molar-refractivity contribution in [1.29, 1.82) is 0 Å². The van der Waals surface area contributed by atoms with Crippen LogP contribution in [0.5, 0.6) is 0 Å². The molecule has 5 heteroatoms. The lowest BCUT2D eigenvalue weighted by Crippen LogP contribution is -2.35. The molecule has 0 aliphatic heterocycles. The summed E-state index contributed by atoms with van der Waals surface area (Å²) in [5.74, 6) is 0. The summed E-state index contributed by atoms with van der Waals surface area (Å²) >= 11 is 0. The van der Waals surface area contributed by atoms with Crippen molar-refractivity contribution in [2.75, 3.05) is 10.6 Å².